The topological polar surface area (TPSA) is 81.9 Å². The van der Waals surface area contributed by atoms with Gasteiger partial charge in [-0.05, 0) is 83.7 Å². The summed E-state index contributed by atoms with van der Waals surface area (Å²) in [5, 5.41) is 19.6. The SMILES string of the molecule is CCOc1cc(C=C(C#N)c2nc3cc(C)c(C)cc3[nH]2)cc(Br)c1O. The van der Waals surface area contributed by atoms with Gasteiger partial charge in [-0.3, -0.25) is 0 Å². The lowest BCUT2D eigenvalue weighted by atomic mass is 10.1. The third-order valence-corrected chi connectivity index (χ3v) is 4.74. The Kier molecular flexibility index (Phi) is 5.01. The summed E-state index contributed by atoms with van der Waals surface area (Å²) in [4.78, 5) is 7.75. The molecule has 26 heavy (non-hydrogen) atoms. The number of hydrogen-bond acceptors (Lipinski definition) is 4. The molecule has 0 aliphatic carbocycles. The van der Waals surface area contributed by atoms with E-state index in [-0.39, 0.29) is 5.75 Å². The number of phenolic OH excluding ortho intramolecular Hbond substituents is 1. The average Bonchev–Trinajstić information content (AvgIpc) is 3.00. The van der Waals surface area contributed by atoms with Crippen molar-refractivity contribution in [2.24, 2.45) is 0 Å². The van der Waals surface area contributed by atoms with Crippen LogP contribution in [0.3, 0.4) is 0 Å². The summed E-state index contributed by atoms with van der Waals surface area (Å²) in [5.74, 6) is 0.910. The number of aryl methyl sites for hydroxylation is 2. The maximum atomic E-state index is 10.0. The summed E-state index contributed by atoms with van der Waals surface area (Å²) in [6.45, 7) is 6.35. The predicted molar refractivity (Wildman–Crippen MR) is 106 cm³/mol. The van der Waals surface area contributed by atoms with Crippen molar-refractivity contribution in [2.45, 2.75) is 20.8 Å². The Morgan fingerprint density at radius 1 is 1.31 bits per heavy atom. The van der Waals surface area contributed by atoms with E-state index in [1.165, 1.54) is 5.56 Å². The molecule has 0 radical (unpaired) electrons. The van der Waals surface area contributed by atoms with Gasteiger partial charge in [-0.15, -0.1) is 0 Å². The van der Waals surface area contributed by atoms with Gasteiger partial charge in [0.25, 0.3) is 0 Å². The number of hydrogen-bond donors (Lipinski definition) is 2. The van der Waals surface area contributed by atoms with Crippen LogP contribution in [0.1, 0.15) is 29.4 Å². The van der Waals surface area contributed by atoms with Crippen molar-refractivity contribution in [1.29, 1.82) is 5.26 Å². The minimum atomic E-state index is 0.0391. The molecule has 0 bridgehead atoms. The molecule has 132 valence electrons. The monoisotopic (exact) mass is 411 g/mol. The van der Waals surface area contributed by atoms with Gasteiger partial charge < -0.3 is 14.8 Å². The molecule has 0 saturated heterocycles. The van der Waals surface area contributed by atoms with E-state index in [2.05, 4.69) is 32.0 Å². The maximum Gasteiger partial charge on any atom is 0.172 e. The smallest absolute Gasteiger partial charge is 0.172 e. The Morgan fingerprint density at radius 2 is 2.04 bits per heavy atom. The van der Waals surface area contributed by atoms with Crippen LogP contribution in [-0.4, -0.2) is 21.7 Å². The molecule has 3 aromatic rings. The normalized spacial score (nSPS) is 11.6. The molecule has 0 saturated carbocycles. The van der Waals surface area contributed by atoms with Crippen LogP contribution in [0.2, 0.25) is 0 Å². The highest BCUT2D eigenvalue weighted by Gasteiger charge is 2.12. The number of fused-ring (bicyclic) bond motifs is 1. The number of allylic oxidation sites excluding steroid dienone is 1. The van der Waals surface area contributed by atoms with Crippen LogP contribution in [0.15, 0.2) is 28.7 Å². The van der Waals surface area contributed by atoms with Gasteiger partial charge in [-0.2, -0.15) is 5.26 Å². The maximum absolute atomic E-state index is 10.0. The van der Waals surface area contributed by atoms with Gasteiger partial charge in [0, 0.05) is 0 Å². The van der Waals surface area contributed by atoms with E-state index in [9.17, 15) is 10.4 Å². The molecule has 2 aromatic carbocycles. The van der Waals surface area contributed by atoms with Crippen molar-refractivity contribution in [1.82, 2.24) is 9.97 Å². The zero-order valence-corrected chi connectivity index (χ0v) is 16.3. The predicted octanol–water partition coefficient (Wildman–Crippen LogP) is 5.11. The molecule has 1 heterocycles. The van der Waals surface area contributed by atoms with Crippen LogP contribution in [0.4, 0.5) is 0 Å². The Balaban J connectivity index is 2.08. The zero-order valence-electron chi connectivity index (χ0n) is 14.7. The van der Waals surface area contributed by atoms with Crippen LogP contribution in [0.25, 0.3) is 22.7 Å². The number of nitriles is 1. The fourth-order valence-corrected chi connectivity index (χ4v) is 3.12. The lowest BCUT2D eigenvalue weighted by Crippen LogP contribution is -1.93. The van der Waals surface area contributed by atoms with Gasteiger partial charge in [-0.1, -0.05) is 0 Å². The highest BCUT2D eigenvalue weighted by Crippen LogP contribution is 2.36. The molecule has 5 nitrogen and oxygen atoms in total. The number of nitrogens with one attached hydrogen (secondary N) is 1. The molecule has 0 spiro atoms. The molecule has 2 N–H and O–H groups in total. The fraction of sp³-hybridized carbons (Fsp3) is 0.200. The second-order valence-corrected chi connectivity index (χ2v) is 6.85. The number of H-pyrrole nitrogens is 1. The minimum Gasteiger partial charge on any atom is -0.503 e. The van der Waals surface area contributed by atoms with Gasteiger partial charge in [0.1, 0.15) is 11.9 Å². The molecule has 0 amide bonds. The van der Waals surface area contributed by atoms with Crippen molar-refractivity contribution in [3.8, 4) is 17.6 Å². The number of aromatic hydroxyl groups is 1. The number of ether oxygens (including phenoxy) is 1. The number of aromatic amines is 1. The van der Waals surface area contributed by atoms with Crippen LogP contribution in [0.5, 0.6) is 11.5 Å². The first-order valence-corrected chi connectivity index (χ1v) is 8.96. The first kappa shape index (κ1) is 18.0. The Bertz CT molecular complexity index is 1020. The number of rotatable bonds is 4. The second kappa shape index (κ2) is 7.22. The van der Waals surface area contributed by atoms with E-state index >= 15 is 0 Å². The first-order chi connectivity index (χ1) is 12.4. The molecule has 3 rings (SSSR count). The molecule has 0 atom stereocenters. The van der Waals surface area contributed by atoms with Crippen LogP contribution >= 0.6 is 15.9 Å². The largest absolute Gasteiger partial charge is 0.503 e. The number of benzene rings is 2. The fourth-order valence-electron chi connectivity index (χ4n) is 2.66. The number of imidazole rings is 1. The molecular weight excluding hydrogens is 394 g/mol. The van der Waals surface area contributed by atoms with E-state index < -0.39 is 0 Å². The Labute approximate surface area is 160 Å². The second-order valence-electron chi connectivity index (χ2n) is 5.99. The van der Waals surface area contributed by atoms with Gasteiger partial charge in [0.2, 0.25) is 0 Å². The Morgan fingerprint density at radius 3 is 2.73 bits per heavy atom. The number of nitrogens with zero attached hydrogens (tertiary/aromatic N) is 2. The summed E-state index contributed by atoms with van der Waals surface area (Å²) in [5.41, 5.74) is 5.16. The summed E-state index contributed by atoms with van der Waals surface area (Å²) in [7, 11) is 0. The summed E-state index contributed by atoms with van der Waals surface area (Å²) >= 11 is 3.31. The average molecular weight is 412 g/mol. The molecule has 6 heteroatoms. The van der Waals surface area contributed by atoms with Crippen molar-refractivity contribution < 1.29 is 9.84 Å². The Hall–Kier alpha value is -2.78. The van der Waals surface area contributed by atoms with E-state index in [1.807, 2.05) is 32.9 Å². The van der Waals surface area contributed by atoms with Gasteiger partial charge in [-0.25, -0.2) is 4.98 Å². The van der Waals surface area contributed by atoms with Gasteiger partial charge in [0.05, 0.1) is 27.7 Å². The quantitative estimate of drug-likeness (QED) is 0.584. The third kappa shape index (κ3) is 3.44. The van der Waals surface area contributed by atoms with Crippen LogP contribution in [-0.2, 0) is 0 Å². The summed E-state index contributed by atoms with van der Waals surface area (Å²) in [6.07, 6.45) is 1.71. The number of aromatic nitrogens is 2. The molecule has 0 aliphatic rings. The van der Waals surface area contributed by atoms with E-state index in [4.69, 9.17) is 4.74 Å². The lowest BCUT2D eigenvalue weighted by Gasteiger charge is -2.08. The molecular formula is C20H18BrN3O2. The molecule has 0 fully saturated rings. The summed E-state index contributed by atoms with van der Waals surface area (Å²) < 4.78 is 5.94. The van der Waals surface area contributed by atoms with Crippen LogP contribution in [0, 0.1) is 25.2 Å². The van der Waals surface area contributed by atoms with E-state index in [1.54, 1.807) is 18.2 Å². The highest BCUT2D eigenvalue weighted by molar-refractivity contribution is 9.10. The highest BCUT2D eigenvalue weighted by atomic mass is 79.9. The van der Waals surface area contributed by atoms with Crippen molar-refractivity contribution in [3.63, 3.8) is 0 Å². The number of phenols is 1. The van der Waals surface area contributed by atoms with Crippen molar-refractivity contribution in [3.05, 3.63) is 51.3 Å². The standard InChI is InChI=1S/C20H18BrN3O2/c1-4-26-18-9-13(8-15(21)19(18)25)7-14(10-22)20-23-16-5-11(2)12(3)6-17(16)24-20/h5-9,25H,4H2,1-3H3,(H,23,24). The van der Waals surface area contributed by atoms with Gasteiger partial charge in [0.15, 0.2) is 11.5 Å². The molecule has 1 aromatic heterocycles. The molecule has 0 aliphatic heterocycles. The van der Waals surface area contributed by atoms with E-state index in [0.717, 1.165) is 22.2 Å². The third-order valence-electron chi connectivity index (χ3n) is 4.13. The number of halogens is 1. The van der Waals surface area contributed by atoms with Gasteiger partial charge >= 0.3 is 0 Å². The lowest BCUT2D eigenvalue weighted by molar-refractivity contribution is 0.317. The first-order valence-electron chi connectivity index (χ1n) is 8.17. The minimum absolute atomic E-state index is 0.0391. The van der Waals surface area contributed by atoms with E-state index in [0.29, 0.717) is 28.2 Å². The van der Waals surface area contributed by atoms with Crippen LogP contribution < -0.4 is 4.74 Å². The van der Waals surface area contributed by atoms with Crippen molar-refractivity contribution >= 4 is 38.6 Å². The summed E-state index contributed by atoms with van der Waals surface area (Å²) in [6, 6.07) is 9.64. The zero-order chi connectivity index (χ0) is 18.8. The molecule has 0 unspecified atom stereocenters. The van der Waals surface area contributed by atoms with Crippen molar-refractivity contribution in [2.75, 3.05) is 6.61 Å².